The third-order valence-electron chi connectivity index (χ3n) is 4.36. The molecule has 0 saturated carbocycles. The first-order chi connectivity index (χ1) is 13.2. The highest BCUT2D eigenvalue weighted by Gasteiger charge is 2.36. The molecular weight excluding hydrogens is 336 g/mol. The van der Waals surface area contributed by atoms with Crippen LogP contribution in [0.25, 0.3) is 11.6 Å². The van der Waals surface area contributed by atoms with Gasteiger partial charge in [0.25, 0.3) is 0 Å². The van der Waals surface area contributed by atoms with E-state index in [0.717, 1.165) is 16.7 Å². The molecule has 3 heteroatoms. The molecule has 3 nitrogen and oxygen atoms in total. The summed E-state index contributed by atoms with van der Waals surface area (Å²) in [6, 6.07) is 28.6. The number of benzene rings is 3. The second-order valence-corrected chi connectivity index (χ2v) is 6.13. The van der Waals surface area contributed by atoms with Gasteiger partial charge in [0.2, 0.25) is 0 Å². The average Bonchev–Trinajstić information content (AvgIpc) is 2.98. The van der Waals surface area contributed by atoms with E-state index in [4.69, 9.17) is 4.74 Å². The smallest absolute Gasteiger partial charge is 0.347 e. The molecule has 1 fully saturated rings. The highest BCUT2D eigenvalue weighted by atomic mass is 16.6. The number of esters is 2. The van der Waals surface area contributed by atoms with Gasteiger partial charge in [-0.25, -0.2) is 9.59 Å². The number of hydrogen-bond donors (Lipinski definition) is 0. The standard InChI is InChI=1S/C24H16O3/c25-23-20(16-17-10-4-1-5-11-17)22(24(26)27-23)21(18-12-6-2-7-13-18)19-14-8-3-9-15-19/h1-16H/b20-16-. The van der Waals surface area contributed by atoms with Gasteiger partial charge in [0.15, 0.2) is 0 Å². The van der Waals surface area contributed by atoms with Gasteiger partial charge in [-0.3, -0.25) is 0 Å². The molecule has 4 rings (SSSR count). The second-order valence-electron chi connectivity index (χ2n) is 6.13. The van der Waals surface area contributed by atoms with Gasteiger partial charge in [-0.2, -0.15) is 0 Å². The first-order valence-electron chi connectivity index (χ1n) is 8.63. The van der Waals surface area contributed by atoms with Gasteiger partial charge in [0.05, 0.1) is 11.1 Å². The summed E-state index contributed by atoms with van der Waals surface area (Å²) in [5.41, 5.74) is 3.79. The molecule has 0 amide bonds. The van der Waals surface area contributed by atoms with Gasteiger partial charge < -0.3 is 4.74 Å². The van der Waals surface area contributed by atoms with Crippen molar-refractivity contribution in [3.8, 4) is 0 Å². The predicted molar refractivity (Wildman–Crippen MR) is 104 cm³/mol. The van der Waals surface area contributed by atoms with E-state index in [2.05, 4.69) is 0 Å². The van der Waals surface area contributed by atoms with Crippen LogP contribution in [0.2, 0.25) is 0 Å². The van der Waals surface area contributed by atoms with Crippen molar-refractivity contribution in [3.63, 3.8) is 0 Å². The molecule has 1 aliphatic heterocycles. The van der Waals surface area contributed by atoms with Crippen LogP contribution in [0.5, 0.6) is 0 Å². The summed E-state index contributed by atoms with van der Waals surface area (Å²) >= 11 is 0. The normalized spacial score (nSPS) is 15.1. The van der Waals surface area contributed by atoms with Crippen molar-refractivity contribution in [3.05, 3.63) is 119 Å². The number of carbonyl (C=O) groups excluding carboxylic acids is 2. The van der Waals surface area contributed by atoms with Gasteiger partial charge >= 0.3 is 11.9 Å². The van der Waals surface area contributed by atoms with Crippen molar-refractivity contribution in [1.29, 1.82) is 0 Å². The summed E-state index contributed by atoms with van der Waals surface area (Å²) in [6.45, 7) is 0. The van der Waals surface area contributed by atoms with Crippen LogP contribution in [0.1, 0.15) is 16.7 Å². The number of ether oxygens (including phenoxy) is 1. The molecule has 1 heterocycles. The lowest BCUT2D eigenvalue weighted by atomic mass is 9.89. The summed E-state index contributed by atoms with van der Waals surface area (Å²) in [4.78, 5) is 25.1. The Bertz CT molecular complexity index is 1010. The Labute approximate surface area is 157 Å². The molecular formula is C24H16O3. The summed E-state index contributed by atoms with van der Waals surface area (Å²) in [5.74, 6) is -1.24. The molecule has 0 radical (unpaired) electrons. The van der Waals surface area contributed by atoms with Crippen molar-refractivity contribution in [2.45, 2.75) is 0 Å². The Morgan fingerprint density at radius 3 is 1.63 bits per heavy atom. The number of carbonyl (C=O) groups is 2. The van der Waals surface area contributed by atoms with Crippen LogP contribution in [0, 0.1) is 0 Å². The zero-order chi connectivity index (χ0) is 18.6. The van der Waals surface area contributed by atoms with Gasteiger partial charge in [-0.1, -0.05) is 91.0 Å². The predicted octanol–water partition coefficient (Wildman–Crippen LogP) is 4.66. The monoisotopic (exact) mass is 352 g/mol. The van der Waals surface area contributed by atoms with E-state index in [-0.39, 0.29) is 5.57 Å². The number of cyclic esters (lactones) is 2. The van der Waals surface area contributed by atoms with Crippen molar-refractivity contribution in [1.82, 2.24) is 0 Å². The number of rotatable bonds is 3. The molecule has 1 saturated heterocycles. The van der Waals surface area contributed by atoms with E-state index in [1.165, 1.54) is 0 Å². The molecule has 0 unspecified atom stereocenters. The first-order valence-corrected chi connectivity index (χ1v) is 8.63. The number of hydrogen-bond acceptors (Lipinski definition) is 3. The van der Waals surface area contributed by atoms with E-state index < -0.39 is 11.9 Å². The summed E-state index contributed by atoms with van der Waals surface area (Å²) in [7, 11) is 0. The average molecular weight is 352 g/mol. The summed E-state index contributed by atoms with van der Waals surface area (Å²) < 4.78 is 4.98. The van der Waals surface area contributed by atoms with Crippen LogP contribution >= 0.6 is 0 Å². The molecule has 1 aliphatic rings. The van der Waals surface area contributed by atoms with Crippen LogP contribution in [0.4, 0.5) is 0 Å². The maximum atomic E-state index is 12.6. The topological polar surface area (TPSA) is 43.4 Å². The summed E-state index contributed by atoms with van der Waals surface area (Å²) in [6.07, 6.45) is 1.70. The van der Waals surface area contributed by atoms with Gasteiger partial charge in [-0.05, 0) is 22.8 Å². The van der Waals surface area contributed by atoms with Crippen molar-refractivity contribution < 1.29 is 14.3 Å². The van der Waals surface area contributed by atoms with Crippen LogP contribution < -0.4 is 0 Å². The molecule has 130 valence electrons. The fourth-order valence-electron chi connectivity index (χ4n) is 3.15. The molecule has 0 aliphatic carbocycles. The van der Waals surface area contributed by atoms with Crippen molar-refractivity contribution in [2.24, 2.45) is 0 Å². The lowest BCUT2D eigenvalue weighted by Crippen LogP contribution is -2.02. The Morgan fingerprint density at radius 2 is 1.11 bits per heavy atom. The van der Waals surface area contributed by atoms with E-state index in [1.54, 1.807) is 6.08 Å². The molecule has 27 heavy (non-hydrogen) atoms. The van der Waals surface area contributed by atoms with Gasteiger partial charge in [0, 0.05) is 5.57 Å². The minimum Gasteiger partial charge on any atom is -0.386 e. The quantitative estimate of drug-likeness (QED) is 0.391. The van der Waals surface area contributed by atoms with E-state index in [0.29, 0.717) is 11.1 Å². The van der Waals surface area contributed by atoms with Crippen LogP contribution in [0.15, 0.2) is 102 Å². The Kier molecular flexibility index (Phi) is 4.50. The highest BCUT2D eigenvalue weighted by molar-refractivity contribution is 6.24. The zero-order valence-electron chi connectivity index (χ0n) is 14.5. The van der Waals surface area contributed by atoms with E-state index in [9.17, 15) is 9.59 Å². The molecule has 0 bridgehead atoms. The maximum Gasteiger partial charge on any atom is 0.347 e. The van der Waals surface area contributed by atoms with E-state index in [1.807, 2.05) is 91.0 Å². The van der Waals surface area contributed by atoms with Gasteiger partial charge in [0.1, 0.15) is 0 Å². The first kappa shape index (κ1) is 16.7. The molecule has 3 aromatic carbocycles. The Hall–Kier alpha value is -3.72. The van der Waals surface area contributed by atoms with E-state index >= 15 is 0 Å². The molecule has 0 atom stereocenters. The fraction of sp³-hybridized carbons (Fsp3) is 0. The third-order valence-corrected chi connectivity index (χ3v) is 4.36. The molecule has 3 aromatic rings. The Morgan fingerprint density at radius 1 is 0.630 bits per heavy atom. The van der Waals surface area contributed by atoms with Gasteiger partial charge in [-0.15, -0.1) is 0 Å². The second kappa shape index (κ2) is 7.26. The lowest BCUT2D eigenvalue weighted by molar-refractivity contribution is -0.149. The zero-order valence-corrected chi connectivity index (χ0v) is 14.5. The minimum atomic E-state index is -0.622. The highest BCUT2D eigenvalue weighted by Crippen LogP contribution is 2.35. The third kappa shape index (κ3) is 3.35. The Balaban J connectivity index is 2.00. The van der Waals surface area contributed by atoms with Crippen LogP contribution in [-0.4, -0.2) is 11.9 Å². The maximum absolute atomic E-state index is 12.6. The van der Waals surface area contributed by atoms with Crippen molar-refractivity contribution in [2.75, 3.05) is 0 Å². The molecule has 0 spiro atoms. The largest absolute Gasteiger partial charge is 0.386 e. The minimum absolute atomic E-state index is 0.272. The fourth-order valence-corrected chi connectivity index (χ4v) is 3.15. The SMILES string of the molecule is O=C1OC(=O)/C(=C\c2ccccc2)C1=C(c1ccccc1)c1ccccc1. The summed E-state index contributed by atoms with van der Waals surface area (Å²) in [5, 5.41) is 0. The molecule has 0 N–H and O–H groups in total. The lowest BCUT2D eigenvalue weighted by Gasteiger charge is -2.11. The molecule has 0 aromatic heterocycles. The van der Waals surface area contributed by atoms with Crippen LogP contribution in [0.3, 0.4) is 0 Å². The van der Waals surface area contributed by atoms with Crippen LogP contribution in [-0.2, 0) is 14.3 Å². The van der Waals surface area contributed by atoms with Crippen molar-refractivity contribution >= 4 is 23.6 Å².